The van der Waals surface area contributed by atoms with Gasteiger partial charge in [-0.15, -0.1) is 0 Å². The van der Waals surface area contributed by atoms with E-state index in [9.17, 15) is 4.79 Å². The molecular formula is C16H23NO2. The molecule has 1 rings (SSSR count). The third-order valence-corrected chi connectivity index (χ3v) is 2.63. The molecule has 0 saturated carbocycles. The molecule has 0 unspecified atom stereocenters. The van der Waals surface area contributed by atoms with Crippen molar-refractivity contribution in [2.45, 2.75) is 26.2 Å². The Hall–Kier alpha value is -1.61. The van der Waals surface area contributed by atoms with Gasteiger partial charge in [-0.3, -0.25) is 4.79 Å². The van der Waals surface area contributed by atoms with Crippen LogP contribution < -0.4 is 5.32 Å². The summed E-state index contributed by atoms with van der Waals surface area (Å²) in [5.74, 6) is -0.0580. The maximum absolute atomic E-state index is 11.5. The van der Waals surface area contributed by atoms with E-state index in [2.05, 4.69) is 12.2 Å². The number of benzene rings is 1. The van der Waals surface area contributed by atoms with Crippen LogP contribution in [-0.2, 0) is 9.53 Å². The minimum Gasteiger partial charge on any atom is -0.381 e. The van der Waals surface area contributed by atoms with Crippen LogP contribution in [0.3, 0.4) is 0 Å². The molecule has 0 bridgehead atoms. The first-order chi connectivity index (χ1) is 9.33. The van der Waals surface area contributed by atoms with Crippen molar-refractivity contribution in [2.24, 2.45) is 0 Å². The van der Waals surface area contributed by atoms with Crippen molar-refractivity contribution in [2.75, 3.05) is 19.8 Å². The van der Waals surface area contributed by atoms with E-state index in [0.717, 1.165) is 31.4 Å². The summed E-state index contributed by atoms with van der Waals surface area (Å²) in [7, 11) is 0. The third kappa shape index (κ3) is 8.16. The molecule has 1 amide bonds. The zero-order valence-electron chi connectivity index (χ0n) is 11.6. The highest BCUT2D eigenvalue weighted by molar-refractivity contribution is 5.91. The first-order valence-electron chi connectivity index (χ1n) is 6.91. The average molecular weight is 261 g/mol. The van der Waals surface area contributed by atoms with Crippen LogP contribution in [0.1, 0.15) is 31.7 Å². The molecule has 0 fully saturated rings. The highest BCUT2D eigenvalue weighted by Crippen LogP contribution is 2.00. The number of hydrogen-bond acceptors (Lipinski definition) is 2. The van der Waals surface area contributed by atoms with Gasteiger partial charge in [-0.05, 0) is 24.5 Å². The quantitative estimate of drug-likeness (QED) is 0.548. The fraction of sp³-hybridized carbons (Fsp3) is 0.438. The van der Waals surface area contributed by atoms with E-state index in [1.807, 2.05) is 36.4 Å². The Balaban J connectivity index is 2.07. The molecular weight excluding hydrogens is 238 g/mol. The predicted molar refractivity (Wildman–Crippen MR) is 78.8 cm³/mol. The molecule has 104 valence electrons. The molecule has 1 aromatic rings. The molecule has 0 saturated heterocycles. The van der Waals surface area contributed by atoms with Crippen LogP contribution in [0, 0.1) is 0 Å². The lowest BCUT2D eigenvalue weighted by molar-refractivity contribution is -0.116. The fourth-order valence-electron chi connectivity index (χ4n) is 1.53. The Morgan fingerprint density at radius 1 is 1.21 bits per heavy atom. The summed E-state index contributed by atoms with van der Waals surface area (Å²) in [6.45, 7) is 4.33. The summed E-state index contributed by atoms with van der Waals surface area (Å²) in [4.78, 5) is 11.5. The van der Waals surface area contributed by atoms with E-state index < -0.39 is 0 Å². The Kier molecular flexibility index (Phi) is 8.39. The van der Waals surface area contributed by atoms with Crippen molar-refractivity contribution in [1.29, 1.82) is 0 Å². The molecule has 19 heavy (non-hydrogen) atoms. The van der Waals surface area contributed by atoms with Crippen molar-refractivity contribution in [3.05, 3.63) is 42.0 Å². The van der Waals surface area contributed by atoms with Crippen molar-refractivity contribution in [1.82, 2.24) is 5.32 Å². The normalized spacial score (nSPS) is 10.8. The third-order valence-electron chi connectivity index (χ3n) is 2.63. The molecule has 3 nitrogen and oxygen atoms in total. The topological polar surface area (TPSA) is 38.3 Å². The van der Waals surface area contributed by atoms with Crippen LogP contribution in [-0.4, -0.2) is 25.7 Å². The minimum atomic E-state index is -0.0580. The lowest BCUT2D eigenvalue weighted by Crippen LogP contribution is -2.23. The van der Waals surface area contributed by atoms with Crippen LogP contribution in [0.2, 0.25) is 0 Å². The summed E-state index contributed by atoms with van der Waals surface area (Å²) in [6.07, 6.45) is 6.49. The number of unbranched alkanes of at least 4 members (excludes halogenated alkanes) is 1. The lowest BCUT2D eigenvalue weighted by atomic mass is 10.2. The van der Waals surface area contributed by atoms with Gasteiger partial charge in [0.25, 0.3) is 0 Å². The number of amides is 1. The van der Waals surface area contributed by atoms with Gasteiger partial charge in [0.05, 0.1) is 0 Å². The number of nitrogens with one attached hydrogen (secondary N) is 1. The largest absolute Gasteiger partial charge is 0.381 e. The molecule has 1 N–H and O–H groups in total. The molecule has 0 radical (unpaired) electrons. The Labute approximate surface area is 115 Å². The standard InChI is InChI=1S/C16H23NO2/c1-2-3-13-19-14-7-12-17-16(18)11-10-15-8-5-4-6-9-15/h4-6,8-11H,2-3,7,12-14H2,1H3,(H,17,18)/b11-10+. The van der Waals surface area contributed by atoms with Gasteiger partial charge in [0.1, 0.15) is 0 Å². The van der Waals surface area contributed by atoms with Gasteiger partial charge >= 0.3 is 0 Å². The fourth-order valence-corrected chi connectivity index (χ4v) is 1.53. The number of carbonyl (C=O) groups excluding carboxylic acids is 1. The van der Waals surface area contributed by atoms with Crippen LogP contribution >= 0.6 is 0 Å². The van der Waals surface area contributed by atoms with Crippen LogP contribution in [0.15, 0.2) is 36.4 Å². The number of hydrogen-bond donors (Lipinski definition) is 1. The molecule has 0 aromatic heterocycles. The zero-order chi connectivity index (χ0) is 13.8. The SMILES string of the molecule is CCCCOCCCNC(=O)/C=C/c1ccccc1. The second-order valence-corrected chi connectivity index (χ2v) is 4.35. The van der Waals surface area contributed by atoms with Gasteiger partial charge in [0.2, 0.25) is 5.91 Å². The second kappa shape index (κ2) is 10.3. The van der Waals surface area contributed by atoms with Crippen molar-refractivity contribution in [3.63, 3.8) is 0 Å². The summed E-state index contributed by atoms with van der Waals surface area (Å²) in [6, 6.07) is 9.78. The molecule has 0 spiro atoms. The predicted octanol–water partition coefficient (Wildman–Crippen LogP) is 3.02. The Morgan fingerprint density at radius 2 is 1.95 bits per heavy atom. The van der Waals surface area contributed by atoms with Gasteiger partial charge in [0, 0.05) is 25.8 Å². The van der Waals surface area contributed by atoms with E-state index in [-0.39, 0.29) is 5.91 Å². The Morgan fingerprint density at radius 3 is 2.68 bits per heavy atom. The summed E-state index contributed by atoms with van der Waals surface area (Å²) >= 11 is 0. The number of ether oxygens (including phenoxy) is 1. The average Bonchev–Trinajstić information content (AvgIpc) is 2.45. The monoisotopic (exact) mass is 261 g/mol. The van der Waals surface area contributed by atoms with Crippen molar-refractivity contribution in [3.8, 4) is 0 Å². The molecule has 0 atom stereocenters. The van der Waals surface area contributed by atoms with Crippen LogP contribution in [0.4, 0.5) is 0 Å². The van der Waals surface area contributed by atoms with E-state index in [0.29, 0.717) is 13.2 Å². The lowest BCUT2D eigenvalue weighted by Gasteiger charge is -2.03. The van der Waals surface area contributed by atoms with E-state index in [1.165, 1.54) is 0 Å². The van der Waals surface area contributed by atoms with Crippen molar-refractivity contribution >= 4 is 12.0 Å². The number of rotatable bonds is 9. The maximum atomic E-state index is 11.5. The summed E-state index contributed by atoms with van der Waals surface area (Å²) in [5.41, 5.74) is 1.03. The van der Waals surface area contributed by atoms with Crippen molar-refractivity contribution < 1.29 is 9.53 Å². The molecule has 0 aliphatic rings. The maximum Gasteiger partial charge on any atom is 0.244 e. The van der Waals surface area contributed by atoms with Crippen LogP contribution in [0.25, 0.3) is 6.08 Å². The highest BCUT2D eigenvalue weighted by atomic mass is 16.5. The summed E-state index contributed by atoms with van der Waals surface area (Å²) < 4.78 is 5.42. The number of carbonyl (C=O) groups is 1. The zero-order valence-corrected chi connectivity index (χ0v) is 11.6. The molecule has 1 aromatic carbocycles. The van der Waals surface area contributed by atoms with Gasteiger partial charge in [-0.25, -0.2) is 0 Å². The summed E-state index contributed by atoms with van der Waals surface area (Å²) in [5, 5.41) is 2.84. The van der Waals surface area contributed by atoms with E-state index >= 15 is 0 Å². The molecule has 0 heterocycles. The molecule has 3 heteroatoms. The molecule has 0 aliphatic heterocycles. The first-order valence-corrected chi connectivity index (χ1v) is 6.91. The van der Waals surface area contributed by atoms with Gasteiger partial charge < -0.3 is 10.1 Å². The highest BCUT2D eigenvalue weighted by Gasteiger charge is 1.95. The minimum absolute atomic E-state index is 0.0580. The molecule has 0 aliphatic carbocycles. The first kappa shape index (κ1) is 15.4. The van der Waals surface area contributed by atoms with E-state index in [1.54, 1.807) is 6.08 Å². The van der Waals surface area contributed by atoms with Gasteiger partial charge in [-0.2, -0.15) is 0 Å². The second-order valence-electron chi connectivity index (χ2n) is 4.35. The smallest absolute Gasteiger partial charge is 0.244 e. The Bertz CT molecular complexity index is 374. The van der Waals surface area contributed by atoms with Crippen LogP contribution in [0.5, 0.6) is 0 Å². The van der Waals surface area contributed by atoms with E-state index in [4.69, 9.17) is 4.74 Å². The van der Waals surface area contributed by atoms with Gasteiger partial charge in [-0.1, -0.05) is 43.7 Å². The van der Waals surface area contributed by atoms with Gasteiger partial charge in [0.15, 0.2) is 0 Å².